The average molecular weight is 355 g/mol. The molecule has 26 heavy (non-hydrogen) atoms. The van der Waals surface area contributed by atoms with E-state index in [4.69, 9.17) is 0 Å². The summed E-state index contributed by atoms with van der Waals surface area (Å²) in [4.78, 5) is 26.4. The lowest BCUT2D eigenvalue weighted by Gasteiger charge is -2.16. The highest BCUT2D eigenvalue weighted by molar-refractivity contribution is 5.93. The van der Waals surface area contributed by atoms with Crippen LogP contribution in [0.15, 0.2) is 36.4 Å². The highest BCUT2D eigenvalue weighted by Gasteiger charge is 2.41. The van der Waals surface area contributed by atoms with E-state index in [1.165, 1.54) is 0 Å². The summed E-state index contributed by atoms with van der Waals surface area (Å²) >= 11 is 0. The molecule has 0 bridgehead atoms. The first kappa shape index (κ1) is 18.2. The van der Waals surface area contributed by atoms with E-state index in [9.17, 15) is 14.7 Å². The Morgan fingerprint density at radius 2 is 1.81 bits per heavy atom. The van der Waals surface area contributed by atoms with Gasteiger partial charge in [0.15, 0.2) is 0 Å². The third-order valence-corrected chi connectivity index (χ3v) is 5.02. The van der Waals surface area contributed by atoms with E-state index in [-0.39, 0.29) is 23.8 Å². The number of aromatic nitrogens is 2. The van der Waals surface area contributed by atoms with Crippen LogP contribution in [-0.4, -0.2) is 44.8 Å². The zero-order valence-electron chi connectivity index (χ0n) is 15.6. The first-order chi connectivity index (χ1) is 12.2. The van der Waals surface area contributed by atoms with Crippen molar-refractivity contribution in [3.63, 3.8) is 0 Å². The molecule has 1 aliphatic rings. The molecule has 0 radical (unpaired) electrons. The van der Waals surface area contributed by atoms with Crippen LogP contribution in [0.25, 0.3) is 0 Å². The largest absolute Gasteiger partial charge is 0.481 e. The first-order valence-corrected chi connectivity index (χ1v) is 8.80. The number of aliphatic carboxylic acids is 1. The van der Waals surface area contributed by atoms with Crippen LogP contribution < -0.4 is 0 Å². The van der Waals surface area contributed by atoms with Crippen LogP contribution in [0.1, 0.15) is 48.4 Å². The molecule has 0 spiro atoms. The minimum Gasteiger partial charge on any atom is -0.481 e. The van der Waals surface area contributed by atoms with Gasteiger partial charge in [-0.15, -0.1) is 0 Å². The van der Waals surface area contributed by atoms with Gasteiger partial charge in [-0.05, 0) is 11.6 Å². The molecule has 1 aromatic carbocycles. The van der Waals surface area contributed by atoms with Gasteiger partial charge in [-0.1, -0.05) is 51.1 Å². The molecule has 1 amide bonds. The lowest BCUT2D eigenvalue weighted by atomic mass is 9.89. The van der Waals surface area contributed by atoms with Crippen molar-refractivity contribution in [3.8, 4) is 0 Å². The molecule has 1 saturated heterocycles. The van der Waals surface area contributed by atoms with Gasteiger partial charge in [0, 0.05) is 31.5 Å². The Kier molecular flexibility index (Phi) is 4.61. The predicted octanol–water partition coefficient (Wildman–Crippen LogP) is 2.66. The molecule has 6 nitrogen and oxygen atoms in total. The maximum Gasteiger partial charge on any atom is 0.308 e. The van der Waals surface area contributed by atoms with Crippen LogP contribution in [0, 0.1) is 5.92 Å². The second kappa shape index (κ2) is 6.59. The van der Waals surface area contributed by atoms with Crippen LogP contribution in [-0.2, 0) is 17.3 Å². The van der Waals surface area contributed by atoms with E-state index in [0.29, 0.717) is 12.2 Å². The molecule has 2 atom stereocenters. The van der Waals surface area contributed by atoms with Crippen molar-refractivity contribution in [2.24, 2.45) is 13.0 Å². The summed E-state index contributed by atoms with van der Waals surface area (Å²) in [6.07, 6.45) is 0. The second-order valence-corrected chi connectivity index (χ2v) is 7.96. The molecule has 1 fully saturated rings. The third kappa shape index (κ3) is 3.36. The highest BCUT2D eigenvalue weighted by Crippen LogP contribution is 2.34. The SMILES string of the molecule is Cn1nc(C(C)(C)C)cc1C(=O)N1C[C@H](C(=O)O)[C@H](c2ccccc2)C1. The molecule has 0 unspecified atom stereocenters. The number of amides is 1. The standard InChI is InChI=1S/C20H25N3O3/c1-20(2,3)17-10-16(22(4)21-17)18(24)23-11-14(15(12-23)19(25)26)13-8-6-5-7-9-13/h5-10,14-15H,11-12H2,1-4H3,(H,25,26)/t14-,15-/m0/s1. The molecule has 0 saturated carbocycles. The average Bonchev–Trinajstić information content (AvgIpc) is 3.19. The van der Waals surface area contributed by atoms with Crippen LogP contribution in [0.4, 0.5) is 0 Å². The number of rotatable bonds is 3. The highest BCUT2D eigenvalue weighted by atomic mass is 16.4. The lowest BCUT2D eigenvalue weighted by Crippen LogP contribution is -2.31. The van der Waals surface area contributed by atoms with E-state index in [1.807, 2.05) is 57.2 Å². The maximum atomic E-state index is 13.0. The minimum absolute atomic E-state index is 0.155. The summed E-state index contributed by atoms with van der Waals surface area (Å²) in [5, 5.41) is 14.1. The summed E-state index contributed by atoms with van der Waals surface area (Å²) in [6.45, 7) is 6.75. The fourth-order valence-electron chi connectivity index (χ4n) is 3.45. The Labute approximate surface area is 153 Å². The summed E-state index contributed by atoms with van der Waals surface area (Å²) in [5.74, 6) is -1.83. The second-order valence-electron chi connectivity index (χ2n) is 7.96. The van der Waals surface area contributed by atoms with Gasteiger partial charge in [0.2, 0.25) is 0 Å². The van der Waals surface area contributed by atoms with Gasteiger partial charge in [-0.25, -0.2) is 0 Å². The maximum absolute atomic E-state index is 13.0. The summed E-state index contributed by atoms with van der Waals surface area (Å²) < 4.78 is 1.59. The van der Waals surface area contributed by atoms with Crippen molar-refractivity contribution in [1.82, 2.24) is 14.7 Å². The molecule has 2 aromatic rings. The number of carboxylic acid groups (broad SMARTS) is 1. The van der Waals surface area contributed by atoms with Gasteiger partial charge in [-0.3, -0.25) is 14.3 Å². The minimum atomic E-state index is -0.866. The Morgan fingerprint density at radius 1 is 1.15 bits per heavy atom. The number of carbonyl (C=O) groups is 2. The van der Waals surface area contributed by atoms with Gasteiger partial charge >= 0.3 is 5.97 Å². The predicted molar refractivity (Wildman–Crippen MR) is 98.1 cm³/mol. The fourth-order valence-corrected chi connectivity index (χ4v) is 3.45. The fraction of sp³-hybridized carbons (Fsp3) is 0.450. The van der Waals surface area contributed by atoms with E-state index in [0.717, 1.165) is 11.3 Å². The van der Waals surface area contributed by atoms with E-state index in [2.05, 4.69) is 5.10 Å². The number of benzene rings is 1. The Morgan fingerprint density at radius 3 is 2.35 bits per heavy atom. The molecule has 138 valence electrons. The summed E-state index contributed by atoms with van der Waals surface area (Å²) in [5.41, 5.74) is 2.14. The molecule has 0 aliphatic carbocycles. The number of nitrogens with zero attached hydrogens (tertiary/aromatic N) is 3. The summed E-state index contributed by atoms with van der Waals surface area (Å²) in [7, 11) is 1.75. The molecule has 1 aliphatic heterocycles. The summed E-state index contributed by atoms with van der Waals surface area (Å²) in [6, 6.07) is 11.4. The lowest BCUT2D eigenvalue weighted by molar-refractivity contribution is -0.141. The van der Waals surface area contributed by atoms with Crippen molar-refractivity contribution in [2.75, 3.05) is 13.1 Å². The van der Waals surface area contributed by atoms with Crippen LogP contribution in [0.5, 0.6) is 0 Å². The molecule has 2 heterocycles. The monoisotopic (exact) mass is 355 g/mol. The van der Waals surface area contributed by atoms with Crippen LogP contribution in [0.3, 0.4) is 0 Å². The topological polar surface area (TPSA) is 75.4 Å². The van der Waals surface area contributed by atoms with E-state index in [1.54, 1.807) is 16.6 Å². The molecule has 1 aromatic heterocycles. The van der Waals surface area contributed by atoms with Gasteiger partial charge in [0.25, 0.3) is 5.91 Å². The Hall–Kier alpha value is -2.63. The van der Waals surface area contributed by atoms with E-state index < -0.39 is 11.9 Å². The van der Waals surface area contributed by atoms with Gasteiger partial charge in [-0.2, -0.15) is 5.10 Å². The molecule has 3 rings (SSSR count). The quantitative estimate of drug-likeness (QED) is 0.918. The molecule has 6 heteroatoms. The smallest absolute Gasteiger partial charge is 0.308 e. The van der Waals surface area contributed by atoms with Gasteiger partial charge in [0.1, 0.15) is 5.69 Å². The van der Waals surface area contributed by atoms with Gasteiger partial charge < -0.3 is 10.0 Å². The van der Waals surface area contributed by atoms with Crippen molar-refractivity contribution < 1.29 is 14.7 Å². The van der Waals surface area contributed by atoms with Crippen molar-refractivity contribution in [1.29, 1.82) is 0 Å². The molecular formula is C20H25N3O3. The van der Waals surface area contributed by atoms with Crippen molar-refractivity contribution in [3.05, 3.63) is 53.3 Å². The number of likely N-dealkylation sites (tertiary alicyclic amines) is 1. The third-order valence-electron chi connectivity index (χ3n) is 5.02. The van der Waals surface area contributed by atoms with Crippen molar-refractivity contribution in [2.45, 2.75) is 32.1 Å². The number of aryl methyl sites for hydroxylation is 1. The van der Waals surface area contributed by atoms with Crippen LogP contribution >= 0.6 is 0 Å². The normalized spacial score (nSPS) is 20.4. The number of hydrogen-bond donors (Lipinski definition) is 1. The van der Waals surface area contributed by atoms with Gasteiger partial charge in [0.05, 0.1) is 11.6 Å². The van der Waals surface area contributed by atoms with Crippen LogP contribution in [0.2, 0.25) is 0 Å². The molecular weight excluding hydrogens is 330 g/mol. The van der Waals surface area contributed by atoms with E-state index >= 15 is 0 Å². The molecule has 1 N–H and O–H groups in total. The van der Waals surface area contributed by atoms with Crippen molar-refractivity contribution >= 4 is 11.9 Å². The zero-order valence-corrected chi connectivity index (χ0v) is 15.6. The number of carboxylic acids is 1. The number of carbonyl (C=O) groups excluding carboxylic acids is 1. The Bertz CT molecular complexity index is 821. The zero-order chi connectivity index (χ0) is 19.1. The first-order valence-electron chi connectivity index (χ1n) is 8.80. The Balaban J connectivity index is 1.87. The number of hydrogen-bond acceptors (Lipinski definition) is 3.